The number of nitrogens with one attached hydrogen (secondary N) is 2. The Morgan fingerprint density at radius 2 is 1.76 bits per heavy atom. The highest BCUT2D eigenvalue weighted by molar-refractivity contribution is 5.96. The van der Waals surface area contributed by atoms with Gasteiger partial charge in [0.2, 0.25) is 11.8 Å². The second kappa shape index (κ2) is 10.8. The number of anilines is 2. The molecule has 0 atom stereocenters. The van der Waals surface area contributed by atoms with Crippen molar-refractivity contribution in [2.45, 2.75) is 33.2 Å². The van der Waals surface area contributed by atoms with Gasteiger partial charge in [-0.2, -0.15) is 0 Å². The van der Waals surface area contributed by atoms with Crippen LogP contribution in [0.15, 0.2) is 71.5 Å². The molecule has 0 saturated heterocycles. The van der Waals surface area contributed by atoms with E-state index >= 15 is 0 Å². The largest absolute Gasteiger partial charge is 0.325 e. The number of benzene rings is 3. The number of fused-ring (bicyclic) bond motifs is 1. The average molecular weight is 500 g/mol. The first kappa shape index (κ1) is 25.2. The molecule has 3 aromatic carbocycles. The molecular formula is C27H25N5O5. The fourth-order valence-electron chi connectivity index (χ4n) is 3.92. The average Bonchev–Trinajstić information content (AvgIpc) is 2.90. The first-order valence-electron chi connectivity index (χ1n) is 11.8. The van der Waals surface area contributed by atoms with E-state index in [1.807, 2.05) is 19.1 Å². The lowest BCUT2D eigenvalue weighted by Gasteiger charge is -2.15. The molecule has 0 spiro atoms. The number of carbonyl (C=O) groups excluding carboxylic acids is 2. The Morgan fingerprint density at radius 1 is 0.973 bits per heavy atom. The maximum atomic E-state index is 13.7. The molecule has 4 aromatic rings. The Labute approximate surface area is 212 Å². The third-order valence-electron chi connectivity index (χ3n) is 5.84. The second-order valence-electron chi connectivity index (χ2n) is 8.33. The van der Waals surface area contributed by atoms with E-state index in [9.17, 15) is 24.5 Å². The van der Waals surface area contributed by atoms with E-state index in [-0.39, 0.29) is 35.9 Å². The van der Waals surface area contributed by atoms with Gasteiger partial charge in [-0.25, -0.2) is 4.98 Å². The van der Waals surface area contributed by atoms with Crippen molar-refractivity contribution in [3.8, 4) is 11.3 Å². The normalized spacial score (nSPS) is 10.8. The quantitative estimate of drug-likeness (QED) is 0.270. The molecule has 0 bridgehead atoms. The van der Waals surface area contributed by atoms with Gasteiger partial charge in [0.15, 0.2) is 0 Å². The molecule has 0 unspecified atom stereocenters. The van der Waals surface area contributed by atoms with Crippen LogP contribution in [0.5, 0.6) is 0 Å². The van der Waals surface area contributed by atoms with Crippen molar-refractivity contribution in [2.75, 3.05) is 10.6 Å². The number of aryl methyl sites for hydroxylation is 1. The van der Waals surface area contributed by atoms with E-state index in [0.29, 0.717) is 28.7 Å². The van der Waals surface area contributed by atoms with Crippen LogP contribution in [0.4, 0.5) is 17.1 Å². The maximum absolute atomic E-state index is 13.7. The minimum Gasteiger partial charge on any atom is -0.325 e. The molecule has 2 amide bonds. The third kappa shape index (κ3) is 5.53. The number of para-hydroxylation sites is 2. The number of hydrogen-bond donors (Lipinski definition) is 2. The van der Waals surface area contributed by atoms with E-state index in [4.69, 9.17) is 0 Å². The summed E-state index contributed by atoms with van der Waals surface area (Å²) in [6.45, 7) is 3.37. The minimum absolute atomic E-state index is 0.101. The standard InChI is InChI=1S/C27H25N5O5/c1-3-17-12-13-21(29-24(33)4-2)20(14-17)26-27(35)31(23-11-6-5-10-22(23)30-26)16-25(34)28-18-8-7-9-19(15-18)32(36)37/h5-15H,3-4,16H2,1-2H3,(H,28,34)(H,29,33). The number of nitro groups is 1. The molecule has 10 heteroatoms. The molecule has 10 nitrogen and oxygen atoms in total. The first-order chi connectivity index (χ1) is 17.8. The van der Waals surface area contributed by atoms with Crippen LogP contribution in [-0.4, -0.2) is 26.3 Å². The van der Waals surface area contributed by atoms with Gasteiger partial charge in [0.05, 0.1) is 21.6 Å². The van der Waals surface area contributed by atoms with Gasteiger partial charge in [-0.05, 0) is 42.3 Å². The van der Waals surface area contributed by atoms with Crippen molar-refractivity contribution >= 4 is 39.9 Å². The summed E-state index contributed by atoms with van der Waals surface area (Å²) in [4.78, 5) is 54.0. The smallest absolute Gasteiger partial charge is 0.278 e. The van der Waals surface area contributed by atoms with E-state index < -0.39 is 16.4 Å². The number of amides is 2. The molecular weight excluding hydrogens is 474 g/mol. The number of rotatable bonds is 8. The van der Waals surface area contributed by atoms with Crippen molar-refractivity contribution in [3.63, 3.8) is 0 Å². The Balaban J connectivity index is 1.80. The lowest BCUT2D eigenvalue weighted by Crippen LogP contribution is -2.30. The Morgan fingerprint density at radius 3 is 2.49 bits per heavy atom. The fourth-order valence-corrected chi connectivity index (χ4v) is 3.92. The lowest BCUT2D eigenvalue weighted by molar-refractivity contribution is -0.384. The van der Waals surface area contributed by atoms with Crippen molar-refractivity contribution in [1.29, 1.82) is 0 Å². The van der Waals surface area contributed by atoms with Gasteiger partial charge in [-0.1, -0.05) is 38.1 Å². The third-order valence-corrected chi connectivity index (χ3v) is 5.84. The highest BCUT2D eigenvalue weighted by Gasteiger charge is 2.19. The zero-order valence-electron chi connectivity index (χ0n) is 20.4. The fraction of sp³-hybridized carbons (Fsp3) is 0.185. The maximum Gasteiger partial charge on any atom is 0.278 e. The SMILES string of the molecule is CCC(=O)Nc1ccc(CC)cc1-c1nc2ccccc2n(CC(=O)Nc2cccc([N+](=O)[O-])c2)c1=O. The summed E-state index contributed by atoms with van der Waals surface area (Å²) < 4.78 is 1.31. The molecule has 1 aromatic heterocycles. The van der Waals surface area contributed by atoms with Crippen LogP contribution in [0, 0.1) is 10.1 Å². The Hall–Kier alpha value is -4.86. The number of nitrogens with zero attached hydrogens (tertiary/aromatic N) is 3. The summed E-state index contributed by atoms with van der Waals surface area (Å²) in [6.07, 6.45) is 0.977. The molecule has 0 fully saturated rings. The summed E-state index contributed by atoms with van der Waals surface area (Å²) in [5, 5.41) is 16.5. The topological polar surface area (TPSA) is 136 Å². The van der Waals surface area contributed by atoms with Gasteiger partial charge in [0, 0.05) is 29.8 Å². The molecule has 0 aliphatic rings. The van der Waals surface area contributed by atoms with Crippen molar-refractivity contribution in [1.82, 2.24) is 9.55 Å². The highest BCUT2D eigenvalue weighted by atomic mass is 16.6. The van der Waals surface area contributed by atoms with E-state index in [1.165, 1.54) is 28.8 Å². The molecule has 0 aliphatic heterocycles. The molecule has 188 valence electrons. The van der Waals surface area contributed by atoms with Crippen LogP contribution in [0.1, 0.15) is 25.8 Å². The summed E-state index contributed by atoms with van der Waals surface area (Å²) in [6, 6.07) is 17.9. The molecule has 2 N–H and O–H groups in total. The molecule has 37 heavy (non-hydrogen) atoms. The summed E-state index contributed by atoms with van der Waals surface area (Å²) >= 11 is 0. The Bertz CT molecular complexity index is 1580. The summed E-state index contributed by atoms with van der Waals surface area (Å²) in [7, 11) is 0. The summed E-state index contributed by atoms with van der Waals surface area (Å²) in [5.41, 5.74) is 2.49. The van der Waals surface area contributed by atoms with Crippen LogP contribution in [-0.2, 0) is 22.6 Å². The van der Waals surface area contributed by atoms with Gasteiger partial charge in [0.1, 0.15) is 12.2 Å². The first-order valence-corrected chi connectivity index (χ1v) is 11.8. The number of hydrogen-bond acceptors (Lipinski definition) is 6. The number of aromatic nitrogens is 2. The van der Waals surface area contributed by atoms with Crippen molar-refractivity contribution in [2.24, 2.45) is 0 Å². The summed E-state index contributed by atoms with van der Waals surface area (Å²) in [5.74, 6) is -0.741. The zero-order valence-corrected chi connectivity index (χ0v) is 20.4. The minimum atomic E-state index is -0.553. The van der Waals surface area contributed by atoms with Crippen molar-refractivity contribution in [3.05, 3.63) is 92.8 Å². The van der Waals surface area contributed by atoms with Gasteiger partial charge < -0.3 is 10.6 Å². The number of non-ortho nitro benzene ring substituents is 1. The van der Waals surface area contributed by atoms with E-state index in [0.717, 1.165) is 5.56 Å². The second-order valence-corrected chi connectivity index (χ2v) is 8.33. The van der Waals surface area contributed by atoms with Crippen LogP contribution >= 0.6 is 0 Å². The highest BCUT2D eigenvalue weighted by Crippen LogP contribution is 2.28. The predicted octanol–water partition coefficient (Wildman–Crippen LogP) is 4.52. The monoisotopic (exact) mass is 499 g/mol. The van der Waals surface area contributed by atoms with Gasteiger partial charge in [-0.15, -0.1) is 0 Å². The van der Waals surface area contributed by atoms with Gasteiger partial charge in [0.25, 0.3) is 11.2 Å². The molecule has 1 heterocycles. The van der Waals surface area contributed by atoms with Crippen LogP contribution < -0.4 is 16.2 Å². The zero-order chi connectivity index (χ0) is 26.5. The van der Waals surface area contributed by atoms with Crippen molar-refractivity contribution < 1.29 is 14.5 Å². The molecule has 4 rings (SSSR count). The lowest BCUT2D eigenvalue weighted by atomic mass is 10.0. The number of carbonyl (C=O) groups is 2. The predicted molar refractivity (Wildman–Crippen MR) is 141 cm³/mol. The van der Waals surface area contributed by atoms with Gasteiger partial charge in [-0.3, -0.25) is 29.1 Å². The van der Waals surface area contributed by atoms with Crippen LogP contribution in [0.25, 0.3) is 22.3 Å². The molecule has 0 saturated carbocycles. The van der Waals surface area contributed by atoms with E-state index in [1.54, 1.807) is 37.3 Å². The van der Waals surface area contributed by atoms with Crippen LogP contribution in [0.2, 0.25) is 0 Å². The number of nitro benzene ring substituents is 1. The van der Waals surface area contributed by atoms with Gasteiger partial charge >= 0.3 is 0 Å². The van der Waals surface area contributed by atoms with E-state index in [2.05, 4.69) is 15.6 Å². The molecule has 0 aliphatic carbocycles. The Kier molecular flexibility index (Phi) is 7.38. The molecule has 0 radical (unpaired) electrons. The van der Waals surface area contributed by atoms with Crippen LogP contribution in [0.3, 0.4) is 0 Å².